The molecule has 1 unspecified atom stereocenters. The van der Waals surface area contributed by atoms with Gasteiger partial charge in [-0.25, -0.2) is 0 Å². The lowest BCUT2D eigenvalue weighted by Crippen LogP contribution is -2.36. The third-order valence-corrected chi connectivity index (χ3v) is 8.47. The molecule has 1 aliphatic carbocycles. The zero-order valence-corrected chi connectivity index (χ0v) is 26.2. The van der Waals surface area contributed by atoms with Crippen molar-refractivity contribution >= 4 is 11.6 Å². The number of hydrogen-bond donors (Lipinski definition) is 0. The van der Waals surface area contributed by atoms with Crippen molar-refractivity contribution < 1.29 is 14.3 Å². The van der Waals surface area contributed by atoms with E-state index in [1.54, 1.807) is 7.11 Å². The van der Waals surface area contributed by atoms with E-state index in [2.05, 4.69) is 37.1 Å². The van der Waals surface area contributed by atoms with Crippen molar-refractivity contribution in [3.8, 4) is 11.5 Å². The van der Waals surface area contributed by atoms with E-state index in [0.29, 0.717) is 25.6 Å². The summed E-state index contributed by atoms with van der Waals surface area (Å²) >= 11 is 0. The van der Waals surface area contributed by atoms with Gasteiger partial charge in [-0.2, -0.15) is 5.10 Å². The molecule has 45 heavy (non-hydrogen) atoms. The van der Waals surface area contributed by atoms with Crippen molar-refractivity contribution in [2.45, 2.75) is 64.6 Å². The van der Waals surface area contributed by atoms with Crippen LogP contribution in [0.5, 0.6) is 11.5 Å². The van der Waals surface area contributed by atoms with Gasteiger partial charge in [0.15, 0.2) is 0 Å². The largest absolute Gasteiger partial charge is 0.497 e. The summed E-state index contributed by atoms with van der Waals surface area (Å²) in [6.07, 6.45) is 8.31. The molecule has 0 radical (unpaired) electrons. The van der Waals surface area contributed by atoms with Gasteiger partial charge < -0.3 is 14.4 Å². The molecule has 1 amide bonds. The number of aromatic nitrogens is 3. The molecule has 1 atom stereocenters. The molecule has 0 saturated heterocycles. The molecule has 0 bridgehead atoms. The molecule has 0 N–H and O–H groups in total. The summed E-state index contributed by atoms with van der Waals surface area (Å²) in [4.78, 5) is 21.1. The first-order valence-electron chi connectivity index (χ1n) is 15.7. The number of anilines is 1. The number of carbonyl (C=O) groups excluding carboxylic acids is 1. The second-order valence-electron chi connectivity index (χ2n) is 12.0. The second-order valence-corrected chi connectivity index (χ2v) is 12.0. The Labute approximate surface area is 265 Å². The van der Waals surface area contributed by atoms with Crippen LogP contribution in [0, 0.1) is 0 Å². The normalized spacial score (nSPS) is 14.2. The number of hydrogen-bond acceptors (Lipinski definition) is 5. The molecular weight excluding hydrogens is 560 g/mol. The van der Waals surface area contributed by atoms with Crippen molar-refractivity contribution in [3.05, 3.63) is 137 Å². The van der Waals surface area contributed by atoms with Crippen LogP contribution >= 0.6 is 0 Å². The maximum atomic E-state index is 14.6. The van der Waals surface area contributed by atoms with Gasteiger partial charge in [0, 0.05) is 17.5 Å². The first kappa shape index (κ1) is 30.1. The highest BCUT2D eigenvalue weighted by atomic mass is 16.5. The Morgan fingerprint density at radius 2 is 1.76 bits per heavy atom. The summed E-state index contributed by atoms with van der Waals surface area (Å²) in [6, 6.07) is 28.3. The molecule has 3 aromatic carbocycles. The molecule has 0 spiro atoms. The van der Waals surface area contributed by atoms with Gasteiger partial charge in [-0.1, -0.05) is 68.4 Å². The minimum absolute atomic E-state index is 0.0677. The number of rotatable bonds is 11. The van der Waals surface area contributed by atoms with Crippen molar-refractivity contribution in [3.63, 3.8) is 0 Å². The number of benzene rings is 3. The summed E-state index contributed by atoms with van der Waals surface area (Å²) in [5.74, 6) is 1.79. The van der Waals surface area contributed by atoms with Crippen LogP contribution in [-0.2, 0) is 30.9 Å². The van der Waals surface area contributed by atoms with Crippen molar-refractivity contribution in [2.24, 2.45) is 0 Å². The Kier molecular flexibility index (Phi) is 9.24. The van der Waals surface area contributed by atoms with Crippen LogP contribution in [0.3, 0.4) is 0 Å². The lowest BCUT2D eigenvalue weighted by molar-refractivity contribution is -0.120. The first-order valence-corrected chi connectivity index (χ1v) is 15.7. The Hall–Kier alpha value is -4.91. The number of nitrogens with zero attached hydrogens (tertiary/aromatic N) is 4. The molecule has 0 aliphatic heterocycles. The standard InChI is InChI=1S/C38H40N4O3/c1-27(2)36-20-17-31(22-39-36)42(25-30-21-40-41(24-30)23-28-15-18-32(44-3)19-16-28)38(43)35-13-7-12-34-33(35)11-8-14-37(34)45-26-29-9-5-4-6-10-29/h4-6,8-11,14-22,24,27,35H,7,12-13,23,25-26H2,1-3H3. The summed E-state index contributed by atoms with van der Waals surface area (Å²) in [6.45, 7) is 5.78. The van der Waals surface area contributed by atoms with Gasteiger partial charge in [-0.15, -0.1) is 0 Å². The van der Waals surface area contributed by atoms with Gasteiger partial charge in [-0.3, -0.25) is 14.5 Å². The number of fused-ring (bicyclic) bond motifs is 1. The Morgan fingerprint density at radius 3 is 2.49 bits per heavy atom. The molecule has 6 rings (SSSR count). The van der Waals surface area contributed by atoms with E-state index in [1.807, 2.05) is 94.9 Å². The van der Waals surface area contributed by atoms with Crippen molar-refractivity contribution in [1.82, 2.24) is 14.8 Å². The fraction of sp³-hybridized carbons (Fsp3) is 0.289. The van der Waals surface area contributed by atoms with Gasteiger partial charge in [0.25, 0.3) is 0 Å². The minimum atomic E-state index is -0.270. The smallest absolute Gasteiger partial charge is 0.234 e. The summed E-state index contributed by atoms with van der Waals surface area (Å²) < 4.78 is 13.5. The Morgan fingerprint density at radius 1 is 0.933 bits per heavy atom. The molecule has 7 nitrogen and oxygen atoms in total. The molecule has 2 heterocycles. The quantitative estimate of drug-likeness (QED) is 0.155. The fourth-order valence-corrected chi connectivity index (χ4v) is 6.00. The zero-order chi connectivity index (χ0) is 31.2. The van der Waals surface area contributed by atoms with E-state index in [0.717, 1.165) is 70.0 Å². The third-order valence-electron chi connectivity index (χ3n) is 8.47. The van der Waals surface area contributed by atoms with E-state index in [1.165, 1.54) is 0 Å². The molecule has 0 fully saturated rings. The summed E-state index contributed by atoms with van der Waals surface area (Å²) in [7, 11) is 1.67. The topological polar surface area (TPSA) is 69.5 Å². The number of carbonyl (C=O) groups is 1. The number of pyridine rings is 1. The third kappa shape index (κ3) is 7.09. The van der Waals surface area contributed by atoms with Crippen LogP contribution in [0.1, 0.15) is 72.0 Å². The maximum Gasteiger partial charge on any atom is 0.234 e. The van der Waals surface area contributed by atoms with E-state index in [9.17, 15) is 4.79 Å². The van der Waals surface area contributed by atoms with Crippen LogP contribution in [0.4, 0.5) is 5.69 Å². The monoisotopic (exact) mass is 600 g/mol. The van der Waals surface area contributed by atoms with E-state index in [-0.39, 0.29) is 11.8 Å². The van der Waals surface area contributed by atoms with Gasteiger partial charge in [0.1, 0.15) is 18.1 Å². The highest BCUT2D eigenvalue weighted by Crippen LogP contribution is 2.39. The predicted octanol–water partition coefficient (Wildman–Crippen LogP) is 7.69. The average Bonchev–Trinajstić information content (AvgIpc) is 3.53. The lowest BCUT2D eigenvalue weighted by Gasteiger charge is -2.31. The van der Waals surface area contributed by atoms with Gasteiger partial charge in [0.2, 0.25) is 5.91 Å². The first-order chi connectivity index (χ1) is 22.0. The van der Waals surface area contributed by atoms with Crippen LogP contribution < -0.4 is 14.4 Å². The van der Waals surface area contributed by atoms with Crippen molar-refractivity contribution in [1.29, 1.82) is 0 Å². The van der Waals surface area contributed by atoms with Crippen LogP contribution in [0.25, 0.3) is 0 Å². The number of amides is 1. The molecule has 1 aliphatic rings. The maximum absolute atomic E-state index is 14.6. The number of methoxy groups -OCH3 is 1. The van der Waals surface area contributed by atoms with Gasteiger partial charge in [0.05, 0.1) is 44.2 Å². The Bertz CT molecular complexity index is 1710. The molecule has 2 aromatic heterocycles. The van der Waals surface area contributed by atoms with E-state index < -0.39 is 0 Å². The van der Waals surface area contributed by atoms with Gasteiger partial charge >= 0.3 is 0 Å². The highest BCUT2D eigenvalue weighted by molar-refractivity contribution is 5.98. The molecule has 7 heteroatoms. The molecule has 230 valence electrons. The van der Waals surface area contributed by atoms with Crippen LogP contribution in [0.15, 0.2) is 104 Å². The van der Waals surface area contributed by atoms with Gasteiger partial charge in [-0.05, 0) is 77.8 Å². The number of ether oxygens (including phenoxy) is 2. The predicted molar refractivity (Wildman–Crippen MR) is 177 cm³/mol. The zero-order valence-electron chi connectivity index (χ0n) is 26.2. The second kappa shape index (κ2) is 13.8. The fourth-order valence-electron chi connectivity index (χ4n) is 6.00. The van der Waals surface area contributed by atoms with Crippen molar-refractivity contribution in [2.75, 3.05) is 12.0 Å². The molecule has 0 saturated carbocycles. The summed E-state index contributed by atoms with van der Waals surface area (Å²) in [5.41, 5.74) is 7.19. The van der Waals surface area contributed by atoms with E-state index >= 15 is 0 Å². The lowest BCUT2D eigenvalue weighted by atomic mass is 9.81. The van der Waals surface area contributed by atoms with Crippen LogP contribution in [0.2, 0.25) is 0 Å². The highest BCUT2D eigenvalue weighted by Gasteiger charge is 2.32. The van der Waals surface area contributed by atoms with Crippen LogP contribution in [-0.4, -0.2) is 27.8 Å². The van der Waals surface area contributed by atoms with E-state index in [4.69, 9.17) is 14.5 Å². The SMILES string of the molecule is COc1ccc(Cn2cc(CN(C(=O)C3CCCc4c(OCc5ccccc5)cccc43)c3ccc(C(C)C)nc3)cn2)cc1. The Balaban J connectivity index is 1.26. The molecular formula is C38H40N4O3. The average molecular weight is 601 g/mol. The minimum Gasteiger partial charge on any atom is -0.497 e. The summed E-state index contributed by atoms with van der Waals surface area (Å²) in [5, 5.41) is 4.62. The molecule has 5 aromatic rings.